The fourth-order valence-electron chi connectivity index (χ4n) is 3.51. The first-order valence-electron chi connectivity index (χ1n) is 10.8. The number of ether oxygens (including phenoxy) is 1. The van der Waals surface area contributed by atoms with Gasteiger partial charge in [-0.15, -0.1) is 0 Å². The van der Waals surface area contributed by atoms with Crippen molar-refractivity contribution < 1.29 is 26.4 Å². The smallest absolute Gasteiger partial charge is 0.246 e. The highest BCUT2D eigenvalue weighted by Crippen LogP contribution is 2.31. The van der Waals surface area contributed by atoms with Crippen LogP contribution in [0.5, 0.6) is 5.75 Å². The summed E-state index contributed by atoms with van der Waals surface area (Å²) in [6.07, 6.45) is 2.56. The van der Waals surface area contributed by atoms with Gasteiger partial charge in [-0.3, -0.25) is 4.79 Å². The summed E-state index contributed by atoms with van der Waals surface area (Å²) >= 11 is 0. The van der Waals surface area contributed by atoms with E-state index < -0.39 is 32.0 Å². The minimum absolute atomic E-state index is 0.0263. The van der Waals surface area contributed by atoms with Crippen molar-refractivity contribution in [3.63, 3.8) is 0 Å². The molecular weight excluding hydrogens is 466 g/mol. The van der Waals surface area contributed by atoms with Gasteiger partial charge in [0.15, 0.2) is 0 Å². The molecule has 1 heterocycles. The van der Waals surface area contributed by atoms with Crippen molar-refractivity contribution in [1.82, 2.24) is 9.03 Å². The molecular formula is C22H29N3O6S2. The molecule has 1 aliphatic heterocycles. The van der Waals surface area contributed by atoms with Gasteiger partial charge < -0.3 is 10.1 Å². The Hall–Kier alpha value is -2.47. The van der Waals surface area contributed by atoms with Crippen LogP contribution in [0.2, 0.25) is 0 Å². The summed E-state index contributed by atoms with van der Waals surface area (Å²) in [4.78, 5) is 12.7. The maximum Gasteiger partial charge on any atom is 0.246 e. The van der Waals surface area contributed by atoms with Crippen LogP contribution in [0.25, 0.3) is 0 Å². The molecule has 1 atom stereocenters. The van der Waals surface area contributed by atoms with E-state index in [1.54, 1.807) is 25.1 Å². The van der Waals surface area contributed by atoms with E-state index in [0.717, 1.165) is 19.3 Å². The second kappa shape index (κ2) is 10.6. The van der Waals surface area contributed by atoms with Gasteiger partial charge in [0, 0.05) is 18.8 Å². The van der Waals surface area contributed by atoms with Gasteiger partial charge in [-0.2, -0.15) is 9.03 Å². The van der Waals surface area contributed by atoms with Gasteiger partial charge in [0.1, 0.15) is 10.6 Å². The van der Waals surface area contributed by atoms with Crippen LogP contribution in [0.3, 0.4) is 0 Å². The number of anilines is 1. The first-order valence-corrected chi connectivity index (χ1v) is 13.7. The molecule has 2 aromatic rings. The summed E-state index contributed by atoms with van der Waals surface area (Å²) in [5, 5.41) is 2.60. The van der Waals surface area contributed by atoms with Crippen LogP contribution < -0.4 is 14.8 Å². The zero-order chi connectivity index (χ0) is 24.1. The van der Waals surface area contributed by atoms with Crippen molar-refractivity contribution >= 4 is 31.6 Å². The maximum absolute atomic E-state index is 13.2. The molecule has 1 saturated heterocycles. The van der Waals surface area contributed by atoms with Crippen molar-refractivity contribution in [3.05, 3.63) is 48.5 Å². The van der Waals surface area contributed by atoms with Gasteiger partial charge in [0.2, 0.25) is 26.0 Å². The minimum Gasteiger partial charge on any atom is -0.492 e. The predicted octanol–water partition coefficient (Wildman–Crippen LogP) is 2.57. The van der Waals surface area contributed by atoms with Crippen molar-refractivity contribution in [3.8, 4) is 5.75 Å². The molecule has 1 fully saturated rings. The standard InChI is InChI=1S/C22H29N3O6S2/c1-3-31-20-13-12-18(16-21(20)33(29,30)25-14-8-5-9-15-25)23-22(26)17(2)24-32(27,28)19-10-6-4-7-11-19/h4,6-7,10-13,16-17,24H,3,5,8-9,14-15H2,1-2H3,(H,23,26). The second-order valence-electron chi connectivity index (χ2n) is 7.70. The number of sulfonamides is 2. The Balaban J connectivity index is 1.80. The zero-order valence-electron chi connectivity index (χ0n) is 18.7. The Morgan fingerprint density at radius 3 is 2.33 bits per heavy atom. The Morgan fingerprint density at radius 2 is 1.70 bits per heavy atom. The number of rotatable bonds is 9. The summed E-state index contributed by atoms with van der Waals surface area (Å²) < 4.78 is 60.7. The SMILES string of the molecule is CCOc1ccc(NC(=O)C(C)NS(=O)(=O)c2ccccc2)cc1S(=O)(=O)N1CCCCC1. The quantitative estimate of drug-likeness (QED) is 0.551. The highest BCUT2D eigenvalue weighted by atomic mass is 32.2. The third-order valence-corrected chi connectivity index (χ3v) is 8.70. The Morgan fingerprint density at radius 1 is 1.03 bits per heavy atom. The number of piperidine rings is 1. The van der Waals surface area contributed by atoms with Crippen molar-refractivity contribution in [1.29, 1.82) is 0 Å². The molecule has 1 amide bonds. The van der Waals surface area contributed by atoms with Crippen LogP contribution in [-0.2, 0) is 24.8 Å². The van der Waals surface area contributed by atoms with Gasteiger partial charge in [0.05, 0.1) is 17.5 Å². The molecule has 0 saturated carbocycles. The van der Waals surface area contributed by atoms with Crippen LogP contribution in [-0.4, -0.2) is 52.8 Å². The molecule has 1 unspecified atom stereocenters. The largest absolute Gasteiger partial charge is 0.492 e. The molecule has 3 rings (SSSR count). The van der Waals surface area contributed by atoms with Crippen LogP contribution in [0.1, 0.15) is 33.1 Å². The van der Waals surface area contributed by atoms with Gasteiger partial charge in [-0.25, -0.2) is 16.8 Å². The van der Waals surface area contributed by atoms with E-state index in [9.17, 15) is 21.6 Å². The predicted molar refractivity (Wildman–Crippen MR) is 125 cm³/mol. The van der Waals surface area contributed by atoms with E-state index in [2.05, 4.69) is 10.0 Å². The molecule has 0 aromatic heterocycles. The van der Waals surface area contributed by atoms with Crippen LogP contribution in [0, 0.1) is 0 Å². The highest BCUT2D eigenvalue weighted by Gasteiger charge is 2.30. The van der Waals surface area contributed by atoms with E-state index in [0.29, 0.717) is 13.1 Å². The summed E-state index contributed by atoms with van der Waals surface area (Å²) in [6, 6.07) is 11.0. The van der Waals surface area contributed by atoms with E-state index in [4.69, 9.17) is 4.74 Å². The summed E-state index contributed by atoms with van der Waals surface area (Å²) in [5.74, 6) is -0.418. The number of hydrogen-bond acceptors (Lipinski definition) is 6. The summed E-state index contributed by atoms with van der Waals surface area (Å²) in [6.45, 7) is 4.32. The number of amides is 1. The molecule has 9 nitrogen and oxygen atoms in total. The molecule has 11 heteroatoms. The average Bonchev–Trinajstić information content (AvgIpc) is 2.81. The Labute approximate surface area is 195 Å². The topological polar surface area (TPSA) is 122 Å². The van der Waals surface area contributed by atoms with Gasteiger partial charge in [-0.05, 0) is 57.0 Å². The van der Waals surface area contributed by atoms with Gasteiger partial charge in [0.25, 0.3) is 0 Å². The fraction of sp³-hybridized carbons (Fsp3) is 0.409. The van der Waals surface area contributed by atoms with Gasteiger partial charge >= 0.3 is 0 Å². The summed E-state index contributed by atoms with van der Waals surface area (Å²) in [7, 11) is -7.70. The molecule has 2 aromatic carbocycles. The normalized spacial score (nSPS) is 16.2. The lowest BCUT2D eigenvalue weighted by molar-refractivity contribution is -0.117. The molecule has 33 heavy (non-hydrogen) atoms. The van der Waals surface area contributed by atoms with Gasteiger partial charge in [-0.1, -0.05) is 24.6 Å². The highest BCUT2D eigenvalue weighted by molar-refractivity contribution is 7.89. The number of hydrogen-bond donors (Lipinski definition) is 2. The molecule has 180 valence electrons. The molecule has 2 N–H and O–H groups in total. The molecule has 0 spiro atoms. The van der Waals surface area contributed by atoms with Crippen LogP contribution in [0.4, 0.5) is 5.69 Å². The number of benzene rings is 2. The third kappa shape index (κ3) is 6.11. The van der Waals surface area contributed by atoms with E-state index in [1.165, 1.54) is 41.6 Å². The van der Waals surface area contributed by atoms with Crippen LogP contribution in [0.15, 0.2) is 58.3 Å². The minimum atomic E-state index is -3.89. The average molecular weight is 496 g/mol. The number of nitrogens with zero attached hydrogens (tertiary/aromatic N) is 1. The lowest BCUT2D eigenvalue weighted by Crippen LogP contribution is -2.41. The lowest BCUT2D eigenvalue weighted by Gasteiger charge is -2.27. The van der Waals surface area contributed by atoms with Crippen molar-refractivity contribution in [2.24, 2.45) is 0 Å². The van der Waals surface area contributed by atoms with Crippen LogP contribution >= 0.6 is 0 Å². The van der Waals surface area contributed by atoms with Crippen molar-refractivity contribution in [2.75, 3.05) is 25.0 Å². The Bertz CT molecular complexity index is 1180. The zero-order valence-corrected chi connectivity index (χ0v) is 20.3. The fourth-order valence-corrected chi connectivity index (χ4v) is 6.41. The number of carbonyl (C=O) groups is 1. The monoisotopic (exact) mass is 495 g/mol. The van der Waals surface area contributed by atoms with E-state index in [1.807, 2.05) is 0 Å². The maximum atomic E-state index is 13.2. The van der Waals surface area contributed by atoms with E-state index in [-0.39, 0.29) is 27.8 Å². The lowest BCUT2D eigenvalue weighted by atomic mass is 10.2. The van der Waals surface area contributed by atoms with Crippen molar-refractivity contribution in [2.45, 2.75) is 48.9 Å². The first-order chi connectivity index (χ1) is 15.6. The summed E-state index contributed by atoms with van der Waals surface area (Å²) in [5.41, 5.74) is 0.227. The number of nitrogens with one attached hydrogen (secondary N) is 2. The Kier molecular flexibility index (Phi) is 8.11. The second-order valence-corrected chi connectivity index (χ2v) is 11.3. The molecule has 1 aliphatic rings. The molecule has 0 radical (unpaired) electrons. The molecule has 0 aliphatic carbocycles. The van der Waals surface area contributed by atoms with E-state index >= 15 is 0 Å². The molecule has 0 bridgehead atoms. The third-order valence-electron chi connectivity index (χ3n) is 5.22. The number of carbonyl (C=O) groups excluding carboxylic acids is 1. The first kappa shape index (κ1) is 25.2.